The van der Waals surface area contributed by atoms with Gasteiger partial charge in [0.2, 0.25) is 0 Å². The zero-order valence-corrected chi connectivity index (χ0v) is 15.7. The molecule has 1 aromatic rings. The van der Waals surface area contributed by atoms with Gasteiger partial charge in [0.1, 0.15) is 6.54 Å². The second-order valence-electron chi connectivity index (χ2n) is 7.29. The number of hydrogen-bond donors (Lipinski definition) is 1. The van der Waals surface area contributed by atoms with Crippen LogP contribution in [-0.4, -0.2) is 36.2 Å². The van der Waals surface area contributed by atoms with E-state index in [1.54, 1.807) is 5.57 Å². The number of rotatable bonds is 6. The third-order valence-corrected chi connectivity index (χ3v) is 7.18. The van der Waals surface area contributed by atoms with Gasteiger partial charge >= 0.3 is 0 Å². The minimum atomic E-state index is -2.87. The van der Waals surface area contributed by atoms with Crippen molar-refractivity contribution >= 4 is 9.84 Å². The van der Waals surface area contributed by atoms with Gasteiger partial charge in [-0.2, -0.15) is 5.10 Å². The van der Waals surface area contributed by atoms with Gasteiger partial charge in [-0.3, -0.25) is 4.68 Å². The quantitative estimate of drug-likeness (QED) is 0.627. The molecule has 0 bridgehead atoms. The van der Waals surface area contributed by atoms with E-state index in [-0.39, 0.29) is 11.8 Å². The molecule has 1 aliphatic carbocycles. The Hall–Kier alpha value is -1.14. The predicted molar refractivity (Wildman–Crippen MR) is 95.7 cm³/mol. The van der Waals surface area contributed by atoms with Crippen LogP contribution in [-0.2, 0) is 16.4 Å². The maximum Gasteiger partial charge on any atom is 0.152 e. The highest BCUT2D eigenvalue weighted by Crippen LogP contribution is 2.26. The Morgan fingerprint density at radius 2 is 2.17 bits per heavy atom. The molecule has 0 spiro atoms. The van der Waals surface area contributed by atoms with E-state index in [0.717, 1.165) is 24.5 Å². The Morgan fingerprint density at radius 3 is 2.83 bits per heavy atom. The number of nitrogens with two attached hydrogens (primary N) is 1. The molecule has 0 saturated carbocycles. The third kappa shape index (κ3) is 4.09. The van der Waals surface area contributed by atoms with Gasteiger partial charge < -0.3 is 5.32 Å². The molecule has 0 amide bonds. The van der Waals surface area contributed by atoms with Crippen molar-refractivity contribution < 1.29 is 13.7 Å². The summed E-state index contributed by atoms with van der Waals surface area (Å²) in [6, 6.07) is 0.0230. The molecule has 0 unspecified atom stereocenters. The van der Waals surface area contributed by atoms with E-state index < -0.39 is 9.84 Å². The number of aromatic nitrogens is 2. The molecule has 2 heterocycles. The molecule has 1 fully saturated rings. The summed E-state index contributed by atoms with van der Waals surface area (Å²) in [6.07, 6.45) is 9.54. The van der Waals surface area contributed by atoms with Crippen molar-refractivity contribution in [2.45, 2.75) is 65.0 Å². The molecule has 1 aliphatic heterocycles. The molecule has 5 nitrogen and oxygen atoms in total. The molecule has 1 aromatic heterocycles. The fourth-order valence-electron chi connectivity index (χ4n) is 3.98. The minimum Gasteiger partial charge on any atom is -0.342 e. The minimum absolute atomic E-state index is 0.0230. The molecule has 0 aromatic carbocycles. The summed E-state index contributed by atoms with van der Waals surface area (Å²) in [5.74, 6) is 0.541. The van der Waals surface area contributed by atoms with Crippen molar-refractivity contribution in [1.29, 1.82) is 0 Å². The highest BCUT2D eigenvalue weighted by atomic mass is 32.2. The van der Waals surface area contributed by atoms with Gasteiger partial charge in [-0.25, -0.2) is 8.42 Å². The molecule has 2 N–H and O–H groups in total. The first kappa shape index (κ1) is 17.7. The lowest BCUT2D eigenvalue weighted by atomic mass is 9.97. The fourth-order valence-corrected chi connectivity index (χ4v) is 5.67. The average molecular weight is 353 g/mol. The molecular weight excluding hydrogens is 322 g/mol. The number of quaternary nitrogens is 1. The van der Waals surface area contributed by atoms with Gasteiger partial charge in [0.15, 0.2) is 9.84 Å². The number of aryl methyl sites for hydroxylation is 1. The van der Waals surface area contributed by atoms with Crippen LogP contribution >= 0.6 is 0 Å². The Morgan fingerprint density at radius 1 is 1.33 bits per heavy atom. The molecule has 1 saturated heterocycles. The predicted octanol–water partition coefficient (Wildman–Crippen LogP) is 1.81. The van der Waals surface area contributed by atoms with Crippen molar-refractivity contribution in [3.8, 4) is 0 Å². The van der Waals surface area contributed by atoms with Gasteiger partial charge in [0, 0.05) is 17.7 Å². The van der Waals surface area contributed by atoms with E-state index in [1.807, 2.05) is 11.6 Å². The van der Waals surface area contributed by atoms with Crippen molar-refractivity contribution in [2.75, 3.05) is 18.1 Å². The van der Waals surface area contributed by atoms with Crippen LogP contribution in [0.15, 0.2) is 11.6 Å². The van der Waals surface area contributed by atoms with Crippen LogP contribution < -0.4 is 5.32 Å². The van der Waals surface area contributed by atoms with Crippen LogP contribution in [0.25, 0.3) is 0 Å². The van der Waals surface area contributed by atoms with Crippen molar-refractivity contribution in [3.63, 3.8) is 0 Å². The second kappa shape index (κ2) is 7.40. The number of hydrogen-bond acceptors (Lipinski definition) is 3. The summed E-state index contributed by atoms with van der Waals surface area (Å²) in [6.45, 7) is 6.18. The summed E-state index contributed by atoms with van der Waals surface area (Å²) in [5, 5.41) is 7.01. The van der Waals surface area contributed by atoms with Gasteiger partial charge in [-0.05, 0) is 46.0 Å². The number of sulfone groups is 1. The van der Waals surface area contributed by atoms with Crippen LogP contribution in [0, 0.1) is 13.8 Å². The molecule has 2 aliphatic rings. The first-order valence-electron chi connectivity index (χ1n) is 9.21. The van der Waals surface area contributed by atoms with Crippen LogP contribution in [0.1, 0.15) is 61.5 Å². The van der Waals surface area contributed by atoms with Crippen LogP contribution in [0.3, 0.4) is 0 Å². The zero-order chi connectivity index (χ0) is 17.2. The number of allylic oxidation sites excluding steroid dienone is 1. The van der Waals surface area contributed by atoms with Crippen molar-refractivity contribution in [2.24, 2.45) is 0 Å². The van der Waals surface area contributed by atoms with Gasteiger partial charge in [-0.15, -0.1) is 0 Å². The van der Waals surface area contributed by atoms with E-state index in [2.05, 4.69) is 23.4 Å². The Balaban J connectivity index is 1.57. The van der Waals surface area contributed by atoms with E-state index in [9.17, 15) is 8.42 Å². The fraction of sp³-hybridized carbons (Fsp3) is 0.722. The van der Waals surface area contributed by atoms with Crippen LogP contribution in [0.2, 0.25) is 0 Å². The standard InChI is InChI=1S/C18H29N3O2S/c1-14-18(12-19-10-8-16-6-4-3-5-7-16)15(2)21(20-14)17-9-11-24(22,23)13-17/h6,17,19H,3-5,7-13H2,1-2H3/p+1/t17-/m0/s1. The van der Waals surface area contributed by atoms with E-state index in [1.165, 1.54) is 37.7 Å². The summed E-state index contributed by atoms with van der Waals surface area (Å²) in [5.41, 5.74) is 5.09. The van der Waals surface area contributed by atoms with Crippen LogP contribution in [0.5, 0.6) is 0 Å². The molecule has 6 heteroatoms. The maximum atomic E-state index is 11.7. The zero-order valence-electron chi connectivity index (χ0n) is 14.9. The van der Waals surface area contributed by atoms with Crippen LogP contribution in [0.4, 0.5) is 0 Å². The molecule has 0 radical (unpaired) electrons. The van der Waals surface area contributed by atoms with Crippen molar-refractivity contribution in [1.82, 2.24) is 9.78 Å². The molecule has 24 heavy (non-hydrogen) atoms. The lowest BCUT2D eigenvalue weighted by molar-refractivity contribution is -0.670. The first-order valence-corrected chi connectivity index (χ1v) is 11.0. The Bertz CT molecular complexity index is 719. The second-order valence-corrected chi connectivity index (χ2v) is 9.52. The lowest BCUT2D eigenvalue weighted by Gasteiger charge is -2.12. The van der Waals surface area contributed by atoms with E-state index in [4.69, 9.17) is 0 Å². The number of nitrogens with zero attached hydrogens (tertiary/aromatic N) is 2. The highest BCUT2D eigenvalue weighted by Gasteiger charge is 2.31. The van der Waals surface area contributed by atoms with Crippen molar-refractivity contribution in [3.05, 3.63) is 28.6 Å². The maximum absolute atomic E-state index is 11.7. The summed E-state index contributed by atoms with van der Waals surface area (Å²) >= 11 is 0. The topological polar surface area (TPSA) is 68.6 Å². The monoisotopic (exact) mass is 352 g/mol. The summed E-state index contributed by atoms with van der Waals surface area (Å²) in [7, 11) is -2.87. The van der Waals surface area contributed by atoms with E-state index >= 15 is 0 Å². The largest absolute Gasteiger partial charge is 0.342 e. The smallest absolute Gasteiger partial charge is 0.152 e. The highest BCUT2D eigenvalue weighted by molar-refractivity contribution is 7.91. The normalized spacial score (nSPS) is 23.4. The summed E-state index contributed by atoms with van der Waals surface area (Å²) < 4.78 is 25.4. The molecule has 3 rings (SSSR count). The summed E-state index contributed by atoms with van der Waals surface area (Å²) in [4.78, 5) is 0. The lowest BCUT2D eigenvalue weighted by Crippen LogP contribution is -2.82. The Kier molecular flexibility index (Phi) is 5.45. The Labute approximate surface area is 145 Å². The molecule has 1 atom stereocenters. The third-order valence-electron chi connectivity index (χ3n) is 5.43. The van der Waals surface area contributed by atoms with E-state index in [0.29, 0.717) is 12.2 Å². The average Bonchev–Trinajstić information content (AvgIpc) is 3.05. The van der Waals surface area contributed by atoms with Gasteiger partial charge in [-0.1, -0.05) is 11.6 Å². The molecular formula is C18H30N3O2S+. The first-order chi connectivity index (χ1) is 11.5. The van der Waals surface area contributed by atoms with Gasteiger partial charge in [0.25, 0.3) is 0 Å². The molecule has 134 valence electrons. The van der Waals surface area contributed by atoms with Gasteiger partial charge in [0.05, 0.1) is 29.8 Å². The SMILES string of the molecule is Cc1nn([C@H]2CCS(=O)(=O)C2)c(C)c1C[NH2+]CCC1=CCCCC1.